The van der Waals surface area contributed by atoms with Crippen molar-refractivity contribution in [1.82, 2.24) is 20.6 Å². The molecule has 8 heteroatoms. The van der Waals surface area contributed by atoms with Crippen molar-refractivity contribution in [3.05, 3.63) is 39.5 Å². The molecule has 0 saturated carbocycles. The molecule has 3 rings (SSSR count). The Balaban J connectivity index is 0.00000261. The number of nitrogens with one attached hydrogen (secondary N) is 2. The van der Waals surface area contributed by atoms with Crippen molar-refractivity contribution < 1.29 is 0 Å². The van der Waals surface area contributed by atoms with E-state index in [1.54, 1.807) is 11.3 Å². The van der Waals surface area contributed by atoms with Gasteiger partial charge in [0.05, 0.1) is 23.8 Å². The summed E-state index contributed by atoms with van der Waals surface area (Å²) in [6.45, 7) is 10.6. The molecule has 0 spiro atoms. The third-order valence-electron chi connectivity index (χ3n) is 4.42. The SMILES string of the molecule is CCNC(=NCc1ccc(N2CCCC2)nc1)NCc1sc(C)nc1C.I. The molecule has 1 aliphatic rings. The van der Waals surface area contributed by atoms with E-state index < -0.39 is 0 Å². The van der Waals surface area contributed by atoms with Crippen LogP contribution in [0.3, 0.4) is 0 Å². The summed E-state index contributed by atoms with van der Waals surface area (Å²) >= 11 is 1.73. The number of halogens is 1. The van der Waals surface area contributed by atoms with Crippen LogP contribution in [0.5, 0.6) is 0 Å². The van der Waals surface area contributed by atoms with E-state index in [1.165, 1.54) is 17.7 Å². The molecule has 2 N–H and O–H groups in total. The van der Waals surface area contributed by atoms with Gasteiger partial charge in [0.15, 0.2) is 5.96 Å². The second kappa shape index (κ2) is 10.8. The predicted molar refractivity (Wildman–Crippen MR) is 124 cm³/mol. The summed E-state index contributed by atoms with van der Waals surface area (Å²) in [4.78, 5) is 17.4. The number of aliphatic imine (C=N–C) groups is 1. The monoisotopic (exact) mass is 500 g/mol. The molecule has 0 aliphatic carbocycles. The fourth-order valence-electron chi connectivity index (χ4n) is 3.06. The predicted octanol–water partition coefficient (Wildman–Crippen LogP) is 3.63. The summed E-state index contributed by atoms with van der Waals surface area (Å²) in [5.41, 5.74) is 2.22. The molecule has 1 aliphatic heterocycles. The number of aromatic nitrogens is 2. The summed E-state index contributed by atoms with van der Waals surface area (Å²) in [6, 6.07) is 4.24. The van der Waals surface area contributed by atoms with Crippen LogP contribution in [0.25, 0.3) is 0 Å². The van der Waals surface area contributed by atoms with Crippen LogP contribution < -0.4 is 15.5 Å². The van der Waals surface area contributed by atoms with E-state index in [4.69, 9.17) is 0 Å². The number of anilines is 1. The van der Waals surface area contributed by atoms with Crippen LogP contribution in [0.4, 0.5) is 5.82 Å². The van der Waals surface area contributed by atoms with E-state index in [9.17, 15) is 0 Å². The highest BCUT2D eigenvalue weighted by Gasteiger charge is 2.13. The standard InChI is InChI=1S/C19H28N6S.HI/c1-4-20-19(23-13-17-14(2)24-15(3)26-17)22-12-16-7-8-18(21-11-16)25-9-5-6-10-25;/h7-8,11H,4-6,9-10,12-13H2,1-3H3,(H2,20,22,23);1H. The molecule has 0 amide bonds. The average Bonchev–Trinajstić information content (AvgIpc) is 3.27. The molecule has 0 radical (unpaired) electrons. The van der Waals surface area contributed by atoms with Gasteiger partial charge >= 0.3 is 0 Å². The van der Waals surface area contributed by atoms with Crippen molar-refractivity contribution in [2.75, 3.05) is 24.5 Å². The summed E-state index contributed by atoms with van der Waals surface area (Å²) in [5.74, 6) is 1.90. The molecule has 1 fully saturated rings. The van der Waals surface area contributed by atoms with Gasteiger partial charge in [0.2, 0.25) is 0 Å². The minimum Gasteiger partial charge on any atom is -0.357 e. The van der Waals surface area contributed by atoms with Crippen molar-refractivity contribution in [3.63, 3.8) is 0 Å². The molecule has 0 aromatic carbocycles. The number of pyridine rings is 1. The number of guanidine groups is 1. The topological polar surface area (TPSA) is 65.4 Å². The Morgan fingerprint density at radius 3 is 2.59 bits per heavy atom. The Morgan fingerprint density at radius 2 is 2.00 bits per heavy atom. The van der Waals surface area contributed by atoms with Crippen LogP contribution in [0, 0.1) is 13.8 Å². The highest BCUT2D eigenvalue weighted by molar-refractivity contribution is 14.0. The minimum absolute atomic E-state index is 0. The van der Waals surface area contributed by atoms with E-state index in [0.717, 1.165) is 54.2 Å². The molecule has 2 aromatic rings. The molecule has 0 atom stereocenters. The van der Waals surface area contributed by atoms with Crippen molar-refractivity contribution in [2.24, 2.45) is 4.99 Å². The van der Waals surface area contributed by atoms with Gasteiger partial charge in [-0.1, -0.05) is 6.07 Å². The van der Waals surface area contributed by atoms with Crippen molar-refractivity contribution >= 4 is 47.1 Å². The first-order valence-electron chi connectivity index (χ1n) is 9.30. The summed E-state index contributed by atoms with van der Waals surface area (Å²) in [5, 5.41) is 7.80. The number of nitrogens with zero attached hydrogens (tertiary/aromatic N) is 4. The second-order valence-corrected chi connectivity index (χ2v) is 7.80. The van der Waals surface area contributed by atoms with Crippen LogP contribution in [-0.2, 0) is 13.1 Å². The summed E-state index contributed by atoms with van der Waals surface area (Å²) < 4.78 is 0. The van der Waals surface area contributed by atoms with E-state index in [-0.39, 0.29) is 24.0 Å². The first-order valence-corrected chi connectivity index (χ1v) is 10.1. The smallest absolute Gasteiger partial charge is 0.191 e. The van der Waals surface area contributed by atoms with Gasteiger partial charge in [0, 0.05) is 30.7 Å². The van der Waals surface area contributed by atoms with E-state index >= 15 is 0 Å². The van der Waals surface area contributed by atoms with E-state index in [1.807, 2.05) is 13.1 Å². The largest absolute Gasteiger partial charge is 0.357 e. The van der Waals surface area contributed by atoms with Gasteiger partial charge in [0.1, 0.15) is 5.82 Å². The maximum absolute atomic E-state index is 4.69. The minimum atomic E-state index is 0. The normalized spacial score (nSPS) is 14.2. The molecule has 0 bridgehead atoms. The van der Waals surface area contributed by atoms with E-state index in [0.29, 0.717) is 6.54 Å². The lowest BCUT2D eigenvalue weighted by molar-refractivity contribution is 0.818. The summed E-state index contributed by atoms with van der Waals surface area (Å²) in [7, 11) is 0. The Bertz CT molecular complexity index is 737. The van der Waals surface area contributed by atoms with Crippen molar-refractivity contribution in [3.8, 4) is 0 Å². The number of rotatable bonds is 6. The van der Waals surface area contributed by atoms with Gasteiger partial charge in [-0.05, 0) is 45.2 Å². The van der Waals surface area contributed by atoms with Crippen LogP contribution >= 0.6 is 35.3 Å². The average molecular weight is 500 g/mol. The highest BCUT2D eigenvalue weighted by atomic mass is 127. The van der Waals surface area contributed by atoms with Gasteiger partial charge in [-0.2, -0.15) is 0 Å². The highest BCUT2D eigenvalue weighted by Crippen LogP contribution is 2.18. The van der Waals surface area contributed by atoms with E-state index in [2.05, 4.69) is 56.5 Å². The zero-order valence-corrected chi connectivity index (χ0v) is 19.4. The quantitative estimate of drug-likeness (QED) is 0.361. The van der Waals surface area contributed by atoms with Crippen LogP contribution in [0.2, 0.25) is 0 Å². The fourth-order valence-corrected chi connectivity index (χ4v) is 3.93. The maximum atomic E-state index is 4.69. The number of thiazole rings is 1. The van der Waals surface area contributed by atoms with Gasteiger partial charge in [-0.15, -0.1) is 35.3 Å². The lowest BCUT2D eigenvalue weighted by atomic mass is 10.3. The molecule has 3 heterocycles. The third kappa shape index (κ3) is 6.31. The molecule has 1 saturated heterocycles. The van der Waals surface area contributed by atoms with Gasteiger partial charge in [-0.25, -0.2) is 15.0 Å². The molecule has 0 unspecified atom stereocenters. The lowest BCUT2D eigenvalue weighted by Crippen LogP contribution is -2.36. The number of hydrogen-bond donors (Lipinski definition) is 2. The third-order valence-corrected chi connectivity index (χ3v) is 5.49. The van der Waals surface area contributed by atoms with Crippen molar-refractivity contribution in [1.29, 1.82) is 0 Å². The molecule has 2 aromatic heterocycles. The fraction of sp³-hybridized carbons (Fsp3) is 0.526. The molecule has 27 heavy (non-hydrogen) atoms. The zero-order chi connectivity index (χ0) is 18.4. The van der Waals surface area contributed by atoms with Crippen LogP contribution in [0.15, 0.2) is 23.3 Å². The lowest BCUT2D eigenvalue weighted by Gasteiger charge is -2.16. The molecule has 6 nitrogen and oxygen atoms in total. The number of hydrogen-bond acceptors (Lipinski definition) is 5. The Morgan fingerprint density at radius 1 is 1.22 bits per heavy atom. The van der Waals surface area contributed by atoms with Crippen LogP contribution in [-0.4, -0.2) is 35.6 Å². The zero-order valence-electron chi connectivity index (χ0n) is 16.3. The van der Waals surface area contributed by atoms with Gasteiger partial charge in [0.25, 0.3) is 0 Å². The van der Waals surface area contributed by atoms with Crippen LogP contribution in [0.1, 0.15) is 40.9 Å². The molecular formula is C19H29IN6S. The Labute approximate surface area is 182 Å². The Hall–Kier alpha value is -1.42. The van der Waals surface area contributed by atoms with Gasteiger partial charge < -0.3 is 15.5 Å². The van der Waals surface area contributed by atoms with Gasteiger partial charge in [-0.3, -0.25) is 0 Å². The van der Waals surface area contributed by atoms with Crippen molar-refractivity contribution in [2.45, 2.75) is 46.7 Å². The first kappa shape index (κ1) is 21.9. The Kier molecular flexibility index (Phi) is 8.75. The molecular weight excluding hydrogens is 471 g/mol. The molecule has 148 valence electrons. The first-order chi connectivity index (χ1) is 12.7. The maximum Gasteiger partial charge on any atom is 0.191 e. The second-order valence-electron chi connectivity index (χ2n) is 6.51. The summed E-state index contributed by atoms with van der Waals surface area (Å²) in [6.07, 6.45) is 4.48. The number of aryl methyl sites for hydroxylation is 2.